The molecule has 2 amide bonds. The molecule has 0 heterocycles. The molecule has 4 rings (SSSR count). The van der Waals surface area contributed by atoms with E-state index in [2.05, 4.69) is 16.7 Å². The number of anilines is 2. The molecule has 0 radical (unpaired) electrons. The fraction of sp³-hybridized carbons (Fsp3) is 0.133. The van der Waals surface area contributed by atoms with Gasteiger partial charge in [-0.25, -0.2) is 0 Å². The highest BCUT2D eigenvalue weighted by molar-refractivity contribution is 8.00. The Morgan fingerprint density at radius 1 is 0.714 bits per heavy atom. The van der Waals surface area contributed by atoms with E-state index >= 15 is 0 Å². The average Bonchev–Trinajstić information content (AvgIpc) is 2.86. The van der Waals surface area contributed by atoms with Crippen LogP contribution >= 0.6 is 11.8 Å². The maximum absolute atomic E-state index is 13.4. The SMILES string of the molecule is Cc1ccc(NC(=O)C(Sc2ccc(NC(=O)c3ccccc3C)cc2)c2ccccc2)c(C)c1. The van der Waals surface area contributed by atoms with Gasteiger partial charge in [-0.15, -0.1) is 11.8 Å². The summed E-state index contributed by atoms with van der Waals surface area (Å²) < 4.78 is 0. The summed E-state index contributed by atoms with van der Waals surface area (Å²) in [7, 11) is 0. The molecule has 176 valence electrons. The lowest BCUT2D eigenvalue weighted by molar-refractivity contribution is -0.115. The van der Waals surface area contributed by atoms with Gasteiger partial charge in [0.1, 0.15) is 5.25 Å². The minimum Gasteiger partial charge on any atom is -0.325 e. The molecule has 2 N–H and O–H groups in total. The third kappa shape index (κ3) is 6.19. The number of nitrogens with one attached hydrogen (secondary N) is 2. The van der Waals surface area contributed by atoms with Crippen LogP contribution in [-0.2, 0) is 4.79 Å². The van der Waals surface area contributed by atoms with Crippen LogP contribution in [0, 0.1) is 20.8 Å². The van der Waals surface area contributed by atoms with E-state index in [1.807, 2.05) is 112 Å². The highest BCUT2D eigenvalue weighted by Gasteiger charge is 2.23. The summed E-state index contributed by atoms with van der Waals surface area (Å²) in [5, 5.41) is 5.62. The quantitative estimate of drug-likeness (QED) is 0.272. The van der Waals surface area contributed by atoms with Crippen LogP contribution < -0.4 is 10.6 Å². The van der Waals surface area contributed by atoms with Gasteiger partial charge in [0.25, 0.3) is 5.91 Å². The van der Waals surface area contributed by atoms with Crippen molar-refractivity contribution < 1.29 is 9.59 Å². The van der Waals surface area contributed by atoms with E-state index < -0.39 is 5.25 Å². The molecular weight excluding hydrogens is 452 g/mol. The van der Waals surface area contributed by atoms with Crippen LogP contribution in [0.15, 0.2) is 102 Å². The lowest BCUT2D eigenvalue weighted by Crippen LogP contribution is -2.19. The van der Waals surface area contributed by atoms with Gasteiger partial charge in [0.2, 0.25) is 5.91 Å². The second-order valence-electron chi connectivity index (χ2n) is 8.51. The number of rotatable bonds is 7. The Morgan fingerprint density at radius 2 is 1.40 bits per heavy atom. The molecule has 0 aliphatic rings. The monoisotopic (exact) mass is 480 g/mol. The zero-order valence-electron chi connectivity index (χ0n) is 20.0. The van der Waals surface area contributed by atoms with Gasteiger partial charge >= 0.3 is 0 Å². The maximum atomic E-state index is 13.4. The van der Waals surface area contributed by atoms with Crippen molar-refractivity contribution in [1.29, 1.82) is 0 Å². The van der Waals surface area contributed by atoms with Crippen LogP contribution in [0.2, 0.25) is 0 Å². The molecule has 1 atom stereocenters. The molecule has 1 unspecified atom stereocenters. The highest BCUT2D eigenvalue weighted by atomic mass is 32.2. The molecule has 0 saturated heterocycles. The smallest absolute Gasteiger partial charge is 0.255 e. The third-order valence-electron chi connectivity index (χ3n) is 5.74. The number of hydrogen-bond acceptors (Lipinski definition) is 3. The molecule has 0 bridgehead atoms. The molecule has 0 aliphatic heterocycles. The van der Waals surface area contributed by atoms with Crippen LogP contribution in [0.5, 0.6) is 0 Å². The van der Waals surface area contributed by atoms with Crippen molar-refractivity contribution >= 4 is 35.0 Å². The predicted molar refractivity (Wildman–Crippen MR) is 145 cm³/mol. The summed E-state index contributed by atoms with van der Waals surface area (Å²) >= 11 is 1.48. The van der Waals surface area contributed by atoms with E-state index in [1.165, 1.54) is 11.8 Å². The first-order valence-corrected chi connectivity index (χ1v) is 12.4. The predicted octanol–water partition coefficient (Wildman–Crippen LogP) is 7.34. The maximum Gasteiger partial charge on any atom is 0.255 e. The first kappa shape index (κ1) is 24.3. The van der Waals surface area contributed by atoms with Crippen LogP contribution in [0.4, 0.5) is 11.4 Å². The minimum atomic E-state index is -0.427. The number of hydrogen-bond donors (Lipinski definition) is 2. The first-order chi connectivity index (χ1) is 16.9. The number of carbonyl (C=O) groups is 2. The second-order valence-corrected chi connectivity index (χ2v) is 9.69. The Labute approximate surface area is 210 Å². The molecule has 4 aromatic carbocycles. The summed E-state index contributed by atoms with van der Waals surface area (Å²) in [6.45, 7) is 5.95. The van der Waals surface area contributed by atoms with Crippen molar-refractivity contribution in [2.45, 2.75) is 30.9 Å². The third-order valence-corrected chi connectivity index (χ3v) is 7.00. The van der Waals surface area contributed by atoms with Gasteiger partial charge in [0, 0.05) is 21.8 Å². The zero-order chi connectivity index (χ0) is 24.8. The minimum absolute atomic E-state index is 0.0786. The Bertz CT molecular complexity index is 1330. The number of amides is 2. The fourth-order valence-corrected chi connectivity index (χ4v) is 4.86. The lowest BCUT2D eigenvalue weighted by Gasteiger charge is -2.18. The number of aryl methyl sites for hydroxylation is 3. The molecular formula is C30H28N2O2S. The molecule has 0 saturated carbocycles. The normalized spacial score (nSPS) is 11.5. The Morgan fingerprint density at radius 3 is 2.09 bits per heavy atom. The number of carbonyl (C=O) groups excluding carboxylic acids is 2. The van der Waals surface area contributed by atoms with E-state index in [4.69, 9.17) is 0 Å². The van der Waals surface area contributed by atoms with Gasteiger partial charge in [-0.05, 0) is 73.9 Å². The van der Waals surface area contributed by atoms with Crippen molar-refractivity contribution in [2.75, 3.05) is 10.6 Å². The first-order valence-electron chi connectivity index (χ1n) is 11.5. The van der Waals surface area contributed by atoms with E-state index in [9.17, 15) is 9.59 Å². The van der Waals surface area contributed by atoms with E-state index in [0.29, 0.717) is 11.3 Å². The van der Waals surface area contributed by atoms with E-state index in [-0.39, 0.29) is 11.8 Å². The van der Waals surface area contributed by atoms with Gasteiger partial charge < -0.3 is 10.6 Å². The van der Waals surface area contributed by atoms with Gasteiger partial charge in [0.15, 0.2) is 0 Å². The molecule has 5 heteroatoms. The van der Waals surface area contributed by atoms with Crippen molar-refractivity contribution in [1.82, 2.24) is 0 Å². The van der Waals surface area contributed by atoms with Crippen molar-refractivity contribution in [2.24, 2.45) is 0 Å². The van der Waals surface area contributed by atoms with Gasteiger partial charge in [-0.2, -0.15) is 0 Å². The Balaban J connectivity index is 1.50. The summed E-state index contributed by atoms with van der Waals surface area (Å²) in [5.74, 6) is -0.219. The van der Waals surface area contributed by atoms with Crippen LogP contribution in [0.3, 0.4) is 0 Å². The zero-order valence-corrected chi connectivity index (χ0v) is 20.9. The topological polar surface area (TPSA) is 58.2 Å². The number of benzene rings is 4. The largest absolute Gasteiger partial charge is 0.325 e. The summed E-state index contributed by atoms with van der Waals surface area (Å²) in [5.41, 5.74) is 6.22. The molecule has 35 heavy (non-hydrogen) atoms. The molecule has 0 spiro atoms. The highest BCUT2D eigenvalue weighted by Crippen LogP contribution is 2.37. The molecule has 4 nitrogen and oxygen atoms in total. The van der Waals surface area contributed by atoms with Crippen LogP contribution in [0.25, 0.3) is 0 Å². The summed E-state index contributed by atoms with van der Waals surface area (Å²) in [6, 6.07) is 30.9. The Kier molecular flexibility index (Phi) is 7.68. The van der Waals surface area contributed by atoms with E-state index in [0.717, 1.165) is 32.8 Å². The lowest BCUT2D eigenvalue weighted by atomic mass is 10.1. The summed E-state index contributed by atoms with van der Waals surface area (Å²) in [6.07, 6.45) is 0. The summed E-state index contributed by atoms with van der Waals surface area (Å²) in [4.78, 5) is 26.9. The Hall–Kier alpha value is -3.83. The van der Waals surface area contributed by atoms with Gasteiger partial charge in [-0.3, -0.25) is 9.59 Å². The second kappa shape index (κ2) is 11.1. The van der Waals surface area contributed by atoms with Crippen molar-refractivity contribution in [3.05, 3.63) is 125 Å². The van der Waals surface area contributed by atoms with Gasteiger partial charge in [-0.1, -0.05) is 66.2 Å². The fourth-order valence-electron chi connectivity index (χ4n) is 3.83. The molecule has 4 aromatic rings. The van der Waals surface area contributed by atoms with Crippen molar-refractivity contribution in [3.63, 3.8) is 0 Å². The van der Waals surface area contributed by atoms with Crippen LogP contribution in [-0.4, -0.2) is 11.8 Å². The standard InChI is InChI=1S/C30H28N2O2S/c1-20-13-18-27(22(3)19-20)32-30(34)28(23-10-5-4-6-11-23)35-25-16-14-24(15-17-25)31-29(33)26-12-8-7-9-21(26)2/h4-19,28H,1-3H3,(H,31,33)(H,32,34). The molecule has 0 aromatic heterocycles. The van der Waals surface area contributed by atoms with Gasteiger partial charge in [0.05, 0.1) is 0 Å². The van der Waals surface area contributed by atoms with E-state index in [1.54, 1.807) is 0 Å². The molecule has 0 aliphatic carbocycles. The molecule has 0 fully saturated rings. The number of thioether (sulfide) groups is 1. The van der Waals surface area contributed by atoms with Crippen molar-refractivity contribution in [3.8, 4) is 0 Å². The van der Waals surface area contributed by atoms with Crippen LogP contribution in [0.1, 0.15) is 37.9 Å². The average molecular weight is 481 g/mol.